The largest absolute Gasteiger partial charge is 0.481 e. The first-order valence-corrected chi connectivity index (χ1v) is 13.6. The summed E-state index contributed by atoms with van der Waals surface area (Å²) < 4.78 is 39.8. The number of aliphatic carboxylic acids is 1. The number of likely N-dealkylation sites (tertiary alicyclic amines) is 1. The number of hydrogen-bond acceptors (Lipinski definition) is 3. The fourth-order valence-electron chi connectivity index (χ4n) is 5.89. The predicted molar refractivity (Wildman–Crippen MR) is 143 cm³/mol. The van der Waals surface area contributed by atoms with Crippen LogP contribution in [0.15, 0.2) is 72.5 Å². The quantitative estimate of drug-likeness (QED) is 0.362. The summed E-state index contributed by atoms with van der Waals surface area (Å²) in [6, 6.07) is 14.4. The minimum atomic E-state index is -4.35. The number of halogens is 3. The fourth-order valence-corrected chi connectivity index (χ4v) is 5.89. The van der Waals surface area contributed by atoms with Gasteiger partial charge >= 0.3 is 12.1 Å². The number of carbonyl (C=O) groups is 1. The van der Waals surface area contributed by atoms with Gasteiger partial charge in [-0.2, -0.15) is 13.2 Å². The van der Waals surface area contributed by atoms with Crippen LogP contribution in [0.2, 0.25) is 0 Å². The molecule has 1 aromatic carbocycles. The van der Waals surface area contributed by atoms with Gasteiger partial charge in [0, 0.05) is 30.3 Å². The molecule has 1 unspecified atom stereocenters. The molecular formula is C31H37F3N2O2. The number of allylic oxidation sites excluding steroid dienone is 3. The number of rotatable bonds is 9. The van der Waals surface area contributed by atoms with Crippen molar-refractivity contribution in [2.24, 2.45) is 17.8 Å². The first kappa shape index (κ1) is 28.1. The van der Waals surface area contributed by atoms with E-state index in [4.69, 9.17) is 0 Å². The summed E-state index contributed by atoms with van der Waals surface area (Å²) in [6.07, 6.45) is 5.43. The zero-order valence-electron chi connectivity index (χ0n) is 22.1. The van der Waals surface area contributed by atoms with Crippen LogP contribution in [0.5, 0.6) is 0 Å². The summed E-state index contributed by atoms with van der Waals surface area (Å²) >= 11 is 0. The van der Waals surface area contributed by atoms with Gasteiger partial charge in [-0.15, -0.1) is 0 Å². The number of aromatic nitrogens is 1. The van der Waals surface area contributed by atoms with Gasteiger partial charge in [0.25, 0.3) is 0 Å². The van der Waals surface area contributed by atoms with Crippen molar-refractivity contribution in [2.45, 2.75) is 70.6 Å². The topological polar surface area (TPSA) is 53.4 Å². The van der Waals surface area contributed by atoms with Gasteiger partial charge in [0.1, 0.15) is 0 Å². The molecule has 2 aliphatic rings. The molecule has 1 aliphatic heterocycles. The lowest BCUT2D eigenvalue weighted by Gasteiger charge is -2.47. The zero-order valence-corrected chi connectivity index (χ0v) is 22.1. The number of benzene rings is 1. The van der Waals surface area contributed by atoms with Gasteiger partial charge in [0.2, 0.25) is 0 Å². The van der Waals surface area contributed by atoms with E-state index in [9.17, 15) is 23.1 Å². The molecule has 0 radical (unpaired) electrons. The summed E-state index contributed by atoms with van der Waals surface area (Å²) in [5.74, 6) is -0.373. The van der Waals surface area contributed by atoms with Crippen molar-refractivity contribution in [3.8, 4) is 11.3 Å². The van der Waals surface area contributed by atoms with Crippen molar-refractivity contribution in [1.82, 2.24) is 9.88 Å². The summed E-state index contributed by atoms with van der Waals surface area (Å²) in [4.78, 5) is 18.4. The van der Waals surface area contributed by atoms with Crippen molar-refractivity contribution in [3.63, 3.8) is 0 Å². The van der Waals surface area contributed by atoms with E-state index in [1.807, 2.05) is 18.2 Å². The van der Waals surface area contributed by atoms with E-state index < -0.39 is 17.7 Å². The minimum Gasteiger partial charge on any atom is -0.481 e. The number of alkyl halides is 3. The van der Waals surface area contributed by atoms with Crippen LogP contribution >= 0.6 is 0 Å². The number of piperidine rings is 1. The van der Waals surface area contributed by atoms with Gasteiger partial charge < -0.3 is 5.11 Å². The maximum Gasteiger partial charge on any atom is 0.416 e. The maximum atomic E-state index is 13.3. The average molecular weight is 527 g/mol. The Morgan fingerprint density at radius 1 is 1.13 bits per heavy atom. The number of carboxylic acid groups (broad SMARTS) is 1. The molecule has 1 N–H and O–H groups in total. The lowest BCUT2D eigenvalue weighted by atomic mass is 9.77. The third kappa shape index (κ3) is 7.13. The summed E-state index contributed by atoms with van der Waals surface area (Å²) in [6.45, 7) is 5.13. The second kappa shape index (κ2) is 12.3. The van der Waals surface area contributed by atoms with E-state index in [0.717, 1.165) is 37.1 Å². The molecular weight excluding hydrogens is 489 g/mol. The summed E-state index contributed by atoms with van der Waals surface area (Å²) in [5.41, 5.74) is 2.52. The Hall–Kier alpha value is -2.93. The van der Waals surface area contributed by atoms with E-state index in [2.05, 4.69) is 48.0 Å². The molecule has 7 heteroatoms. The lowest BCUT2D eigenvalue weighted by Crippen LogP contribution is -2.48. The van der Waals surface area contributed by atoms with E-state index in [-0.39, 0.29) is 30.3 Å². The van der Waals surface area contributed by atoms with Crippen molar-refractivity contribution >= 4 is 5.97 Å². The molecule has 4 nitrogen and oxygen atoms in total. The van der Waals surface area contributed by atoms with Crippen LogP contribution in [0.1, 0.15) is 64.0 Å². The molecule has 0 amide bonds. The summed E-state index contributed by atoms with van der Waals surface area (Å²) in [5, 5.41) is 9.44. The number of pyridine rings is 1. The van der Waals surface area contributed by atoms with E-state index >= 15 is 0 Å². The van der Waals surface area contributed by atoms with E-state index in [1.54, 1.807) is 12.3 Å². The molecule has 204 valence electrons. The van der Waals surface area contributed by atoms with Gasteiger partial charge in [0.05, 0.1) is 11.3 Å². The van der Waals surface area contributed by atoms with Gasteiger partial charge in [0.15, 0.2) is 0 Å². The van der Waals surface area contributed by atoms with Crippen LogP contribution in [0.3, 0.4) is 0 Å². The van der Waals surface area contributed by atoms with Crippen LogP contribution in [0.4, 0.5) is 13.2 Å². The molecule has 1 aliphatic carbocycles. The van der Waals surface area contributed by atoms with Crippen molar-refractivity contribution < 1.29 is 23.1 Å². The Balaban J connectivity index is 1.63. The molecule has 4 rings (SSSR count). The molecule has 38 heavy (non-hydrogen) atoms. The molecule has 2 aromatic rings. The Labute approximate surface area is 223 Å². The molecule has 2 heterocycles. The van der Waals surface area contributed by atoms with Gasteiger partial charge in [-0.1, -0.05) is 62.4 Å². The first-order chi connectivity index (χ1) is 18.1. The SMILES string of the molecule is CC(C)CC[C@@H](c1ccc(-c2ccccn2)cc1)N1CC[C@H](CC(=O)O)C[C@@H]1C1C=CC(C(F)(F)F)=CC1. The van der Waals surface area contributed by atoms with Gasteiger partial charge in [-0.05, 0) is 74.1 Å². The fraction of sp³-hybridized carbons (Fsp3) is 0.484. The third-order valence-corrected chi connectivity index (χ3v) is 7.89. The van der Waals surface area contributed by atoms with Gasteiger partial charge in [-0.3, -0.25) is 14.7 Å². The molecule has 1 aromatic heterocycles. The number of hydrogen-bond donors (Lipinski definition) is 1. The second-order valence-electron chi connectivity index (χ2n) is 11.0. The second-order valence-corrected chi connectivity index (χ2v) is 11.0. The maximum absolute atomic E-state index is 13.3. The number of carboxylic acids is 1. The Kier molecular flexibility index (Phi) is 9.08. The monoisotopic (exact) mass is 526 g/mol. The van der Waals surface area contributed by atoms with Crippen LogP contribution in [0.25, 0.3) is 11.3 Å². The standard InChI is InChI=1S/C31H37F3N2O2/c1-21(2)6-15-28(24-9-7-23(8-10-24)27-5-3-4-17-35-27)36-18-16-22(20-30(37)38)19-29(36)25-11-13-26(14-12-25)31(32,33)34/h3-5,7-11,13-14,17,21-22,25,28-29H,6,12,15-16,18-20H2,1-2H3,(H,37,38)/t22-,25?,28-,29+/m0/s1. The highest BCUT2D eigenvalue weighted by Gasteiger charge is 2.40. The van der Waals surface area contributed by atoms with Crippen molar-refractivity contribution in [3.05, 3.63) is 78.0 Å². The van der Waals surface area contributed by atoms with Crippen LogP contribution < -0.4 is 0 Å². The molecule has 4 atom stereocenters. The van der Waals surface area contributed by atoms with Gasteiger partial charge in [-0.25, -0.2) is 0 Å². The van der Waals surface area contributed by atoms with E-state index in [0.29, 0.717) is 18.8 Å². The zero-order chi connectivity index (χ0) is 27.3. The highest BCUT2D eigenvalue weighted by Crippen LogP contribution is 2.42. The number of nitrogens with zero attached hydrogens (tertiary/aromatic N) is 2. The summed E-state index contributed by atoms with van der Waals surface area (Å²) in [7, 11) is 0. The minimum absolute atomic E-state index is 0.0208. The van der Waals surface area contributed by atoms with Crippen LogP contribution in [0, 0.1) is 17.8 Å². The van der Waals surface area contributed by atoms with Crippen LogP contribution in [-0.4, -0.2) is 39.7 Å². The highest BCUT2D eigenvalue weighted by molar-refractivity contribution is 5.67. The normalized spacial score (nSPS) is 23.3. The molecule has 0 spiro atoms. The lowest BCUT2D eigenvalue weighted by molar-refractivity contribution is -0.138. The highest BCUT2D eigenvalue weighted by atomic mass is 19.4. The van der Waals surface area contributed by atoms with Crippen LogP contribution in [-0.2, 0) is 4.79 Å². The first-order valence-electron chi connectivity index (χ1n) is 13.6. The third-order valence-electron chi connectivity index (χ3n) is 7.89. The average Bonchev–Trinajstić information content (AvgIpc) is 2.89. The molecule has 1 saturated heterocycles. The molecule has 1 fully saturated rings. The Morgan fingerprint density at radius 3 is 2.47 bits per heavy atom. The molecule has 0 bridgehead atoms. The Morgan fingerprint density at radius 2 is 1.89 bits per heavy atom. The predicted octanol–water partition coefficient (Wildman–Crippen LogP) is 7.85. The Bertz CT molecular complexity index is 1130. The molecule has 0 saturated carbocycles. The van der Waals surface area contributed by atoms with Crippen molar-refractivity contribution in [2.75, 3.05) is 6.54 Å². The van der Waals surface area contributed by atoms with E-state index in [1.165, 1.54) is 17.7 Å². The smallest absolute Gasteiger partial charge is 0.416 e. The van der Waals surface area contributed by atoms with Crippen molar-refractivity contribution in [1.29, 1.82) is 0 Å².